The van der Waals surface area contributed by atoms with Crippen LogP contribution in [0.1, 0.15) is 63.3 Å². The van der Waals surface area contributed by atoms with Crippen molar-refractivity contribution in [1.29, 1.82) is 0 Å². The van der Waals surface area contributed by atoms with Crippen LogP contribution in [0.2, 0.25) is 0 Å². The molecule has 2 aliphatic heterocycles. The number of alkyl halides is 3. The van der Waals surface area contributed by atoms with E-state index in [2.05, 4.69) is 14.3 Å². The van der Waals surface area contributed by atoms with Crippen molar-refractivity contribution in [2.75, 3.05) is 31.1 Å². The maximum Gasteiger partial charge on any atom is 0.422 e. The van der Waals surface area contributed by atoms with Crippen LogP contribution in [-0.4, -0.2) is 57.1 Å². The van der Waals surface area contributed by atoms with Crippen LogP contribution in [0, 0.1) is 17.0 Å². The van der Waals surface area contributed by atoms with Crippen LogP contribution in [-0.2, 0) is 10.9 Å². The number of halogens is 6. The quantitative estimate of drug-likeness (QED) is 0.183. The number of ether oxygens (including phenoxy) is 2. The Morgan fingerprint density at radius 3 is 2.43 bits per heavy atom. The van der Waals surface area contributed by atoms with Gasteiger partial charge in [-0.2, -0.15) is 17.6 Å². The van der Waals surface area contributed by atoms with Crippen LogP contribution in [0.25, 0.3) is 22.5 Å². The first-order chi connectivity index (χ1) is 24.1. The molecule has 0 aliphatic carbocycles. The normalized spacial score (nSPS) is 16.8. The zero-order valence-corrected chi connectivity index (χ0v) is 28.9. The SMILES string of the molecule is CC(C)(C)OC(=O)N1CCC2(CCCN(c3c(/C=C(\F)c4cncc(-c5ccns5)n4)ccc(Oc4cccc(F)c4F)c3C(F)(F)F)C2)CC1. The number of anilines is 1. The summed E-state index contributed by atoms with van der Waals surface area (Å²) < 4.78 is 105. The second-order valence-electron chi connectivity index (χ2n) is 13.7. The number of hydrogen-bond acceptors (Lipinski definition) is 8. The average Bonchev–Trinajstić information content (AvgIpc) is 3.62. The lowest BCUT2D eigenvalue weighted by Crippen LogP contribution is -2.51. The topological polar surface area (TPSA) is 80.7 Å². The van der Waals surface area contributed by atoms with E-state index in [9.17, 15) is 13.6 Å². The molecular formula is C36H35F6N5O3S. The Hall–Kier alpha value is -4.66. The third kappa shape index (κ3) is 8.13. The number of benzene rings is 2. The molecule has 6 rings (SSSR count). The minimum absolute atomic E-state index is 0.125. The van der Waals surface area contributed by atoms with E-state index in [1.165, 1.54) is 18.5 Å². The molecule has 0 unspecified atom stereocenters. The van der Waals surface area contributed by atoms with Crippen LogP contribution in [0.15, 0.2) is 55.0 Å². The first-order valence-corrected chi connectivity index (χ1v) is 17.1. The second kappa shape index (κ2) is 14.2. The van der Waals surface area contributed by atoms with Gasteiger partial charge < -0.3 is 19.3 Å². The van der Waals surface area contributed by atoms with Crippen LogP contribution in [0.5, 0.6) is 11.5 Å². The molecule has 0 saturated carbocycles. The second-order valence-corrected chi connectivity index (χ2v) is 14.5. The highest BCUT2D eigenvalue weighted by atomic mass is 32.1. The van der Waals surface area contributed by atoms with Crippen molar-refractivity contribution in [3.8, 4) is 22.1 Å². The highest BCUT2D eigenvalue weighted by molar-refractivity contribution is 7.09. The molecule has 0 bridgehead atoms. The number of aromatic nitrogens is 3. The molecule has 2 saturated heterocycles. The monoisotopic (exact) mass is 731 g/mol. The van der Waals surface area contributed by atoms with Crippen LogP contribution in [0.4, 0.5) is 36.8 Å². The van der Waals surface area contributed by atoms with Crippen LogP contribution in [0.3, 0.4) is 0 Å². The molecule has 0 radical (unpaired) electrons. The fraction of sp³-hybridized carbons (Fsp3) is 0.389. The van der Waals surface area contributed by atoms with E-state index in [1.807, 2.05) is 0 Å². The lowest BCUT2D eigenvalue weighted by molar-refractivity contribution is -0.138. The molecule has 2 aliphatic rings. The molecule has 15 heteroatoms. The van der Waals surface area contributed by atoms with Crippen molar-refractivity contribution in [3.63, 3.8) is 0 Å². The maximum atomic E-state index is 16.0. The van der Waals surface area contributed by atoms with Gasteiger partial charge >= 0.3 is 12.3 Å². The van der Waals surface area contributed by atoms with Gasteiger partial charge in [0.25, 0.3) is 0 Å². The van der Waals surface area contributed by atoms with Crippen molar-refractivity contribution < 1.29 is 40.6 Å². The molecule has 1 spiro atoms. The molecule has 2 aromatic carbocycles. The van der Waals surface area contributed by atoms with Crippen molar-refractivity contribution in [1.82, 2.24) is 19.2 Å². The van der Waals surface area contributed by atoms with E-state index in [4.69, 9.17) is 9.47 Å². The Bertz CT molecular complexity index is 1920. The van der Waals surface area contributed by atoms with Gasteiger partial charge in [0, 0.05) is 37.9 Å². The molecule has 8 nitrogen and oxygen atoms in total. The van der Waals surface area contributed by atoms with E-state index < -0.39 is 57.8 Å². The molecular weight excluding hydrogens is 696 g/mol. The molecule has 2 fully saturated rings. The van der Waals surface area contributed by atoms with Gasteiger partial charge in [0.2, 0.25) is 5.82 Å². The molecule has 1 amide bonds. The lowest BCUT2D eigenvalue weighted by Gasteiger charge is -2.49. The van der Waals surface area contributed by atoms with E-state index >= 15 is 17.6 Å². The molecule has 51 heavy (non-hydrogen) atoms. The van der Waals surface area contributed by atoms with E-state index in [0.29, 0.717) is 49.3 Å². The van der Waals surface area contributed by atoms with E-state index in [-0.39, 0.29) is 30.0 Å². The lowest BCUT2D eigenvalue weighted by atomic mass is 9.72. The molecule has 4 aromatic rings. The molecule has 0 N–H and O–H groups in total. The molecule has 270 valence electrons. The summed E-state index contributed by atoms with van der Waals surface area (Å²) in [6, 6.07) is 6.86. The number of nitrogens with zero attached hydrogens (tertiary/aromatic N) is 5. The number of piperidine rings is 2. The smallest absolute Gasteiger partial charge is 0.422 e. The highest BCUT2D eigenvalue weighted by Gasteiger charge is 2.45. The van der Waals surface area contributed by atoms with Gasteiger partial charge in [0.05, 0.1) is 23.0 Å². The molecule has 2 aromatic heterocycles. The fourth-order valence-electron chi connectivity index (χ4n) is 6.54. The number of carbonyl (C=O) groups is 1. The Labute approximate surface area is 294 Å². The number of hydrogen-bond donors (Lipinski definition) is 0. The minimum atomic E-state index is -5.06. The van der Waals surface area contributed by atoms with Gasteiger partial charge in [-0.25, -0.2) is 22.9 Å². The zero-order chi connectivity index (χ0) is 36.6. The first kappa shape index (κ1) is 36.1. The molecule has 0 atom stereocenters. The summed E-state index contributed by atoms with van der Waals surface area (Å²) in [5, 5.41) is 0. The number of amides is 1. The highest BCUT2D eigenvalue weighted by Crippen LogP contribution is 2.50. The van der Waals surface area contributed by atoms with Crippen molar-refractivity contribution in [3.05, 3.63) is 83.4 Å². The van der Waals surface area contributed by atoms with Gasteiger partial charge in [-0.15, -0.1) is 0 Å². The molecule has 4 heterocycles. The first-order valence-electron chi connectivity index (χ1n) is 16.3. The van der Waals surface area contributed by atoms with E-state index in [0.717, 1.165) is 41.9 Å². The Kier molecular flexibility index (Phi) is 10.0. The summed E-state index contributed by atoms with van der Waals surface area (Å²) in [6.45, 7) is 6.38. The van der Waals surface area contributed by atoms with Crippen LogP contribution >= 0.6 is 11.5 Å². The Balaban J connectivity index is 1.41. The number of rotatable bonds is 6. The van der Waals surface area contributed by atoms with Crippen molar-refractivity contribution in [2.45, 2.75) is 58.2 Å². The van der Waals surface area contributed by atoms with Gasteiger partial charge in [0.1, 0.15) is 28.3 Å². The number of carbonyl (C=O) groups excluding carboxylic acids is 1. The third-order valence-corrected chi connectivity index (χ3v) is 9.66. The fourth-order valence-corrected chi connectivity index (χ4v) is 7.09. The predicted molar refractivity (Wildman–Crippen MR) is 181 cm³/mol. The van der Waals surface area contributed by atoms with Gasteiger partial charge in [-0.3, -0.25) is 4.98 Å². The summed E-state index contributed by atoms with van der Waals surface area (Å²) in [7, 11) is 0. The summed E-state index contributed by atoms with van der Waals surface area (Å²) in [4.78, 5) is 24.9. The maximum absolute atomic E-state index is 16.0. The average molecular weight is 732 g/mol. The van der Waals surface area contributed by atoms with Gasteiger partial charge in [-0.1, -0.05) is 6.07 Å². The summed E-state index contributed by atoms with van der Waals surface area (Å²) in [5.41, 5.74) is -2.76. The minimum Gasteiger partial charge on any atom is -0.453 e. The largest absolute Gasteiger partial charge is 0.453 e. The summed E-state index contributed by atoms with van der Waals surface area (Å²) >= 11 is 1.13. The Morgan fingerprint density at radius 1 is 0.980 bits per heavy atom. The summed E-state index contributed by atoms with van der Waals surface area (Å²) in [6.07, 6.45) is 1.83. The van der Waals surface area contributed by atoms with E-state index in [1.54, 1.807) is 42.8 Å². The van der Waals surface area contributed by atoms with Gasteiger partial charge in [-0.05, 0) is 99.8 Å². The van der Waals surface area contributed by atoms with Crippen LogP contribution < -0.4 is 9.64 Å². The zero-order valence-electron chi connectivity index (χ0n) is 28.1. The standard InChI is InChI=1S/C36H35F6N5O3S/c1-34(2,3)50-33(48)46-16-12-35(13-17-46)11-5-15-47(21-35)32-22(18-24(38)25-19-43-20-26(45-25)29-10-14-44-51-29)8-9-27(30(32)36(40,41)42)49-28-7-4-6-23(37)31(28)39/h4,6-10,14,18-20H,5,11-13,15-17,21H2,1-3H3/b24-18-. The third-order valence-electron chi connectivity index (χ3n) is 8.90. The predicted octanol–water partition coefficient (Wildman–Crippen LogP) is 9.77. The van der Waals surface area contributed by atoms with Crippen molar-refractivity contribution >= 4 is 35.2 Å². The van der Waals surface area contributed by atoms with Gasteiger partial charge in [0.15, 0.2) is 17.4 Å². The Morgan fingerprint density at radius 2 is 1.75 bits per heavy atom. The van der Waals surface area contributed by atoms with Crippen molar-refractivity contribution in [2.24, 2.45) is 5.41 Å². The number of likely N-dealkylation sites (tertiary alicyclic amines) is 1. The summed E-state index contributed by atoms with van der Waals surface area (Å²) in [5.74, 6) is -5.19.